The molecule has 1 N–H and O–H groups in total. The van der Waals surface area contributed by atoms with Gasteiger partial charge in [0.1, 0.15) is 11.5 Å². The van der Waals surface area contributed by atoms with E-state index in [0.29, 0.717) is 12.3 Å². The standard InChI is InChI=1S/C13H19NO4/c1-9(13(15)17-4)18-12-6-5-11(16-3)7-10(12)8-14-2/h5-7,9,14H,8H2,1-4H3. The quantitative estimate of drug-likeness (QED) is 0.776. The molecule has 0 radical (unpaired) electrons. The van der Waals surface area contributed by atoms with Crippen molar-refractivity contribution in [2.75, 3.05) is 21.3 Å². The summed E-state index contributed by atoms with van der Waals surface area (Å²) in [5, 5.41) is 3.04. The normalized spacial score (nSPS) is 11.8. The number of carbonyl (C=O) groups is 1. The van der Waals surface area contributed by atoms with Crippen LogP contribution in [0.5, 0.6) is 11.5 Å². The lowest BCUT2D eigenvalue weighted by molar-refractivity contribution is -0.147. The SMILES string of the molecule is CNCc1cc(OC)ccc1OC(C)C(=O)OC. The zero-order valence-electron chi connectivity index (χ0n) is 11.1. The maximum absolute atomic E-state index is 11.3. The summed E-state index contributed by atoms with van der Waals surface area (Å²) in [6, 6.07) is 5.44. The number of hydrogen-bond acceptors (Lipinski definition) is 5. The zero-order chi connectivity index (χ0) is 13.5. The van der Waals surface area contributed by atoms with Crippen LogP contribution in [0.3, 0.4) is 0 Å². The number of nitrogens with one attached hydrogen (secondary N) is 1. The lowest BCUT2D eigenvalue weighted by Gasteiger charge is -2.16. The Morgan fingerprint density at radius 1 is 1.39 bits per heavy atom. The van der Waals surface area contributed by atoms with Crippen molar-refractivity contribution in [1.29, 1.82) is 0 Å². The number of esters is 1. The Morgan fingerprint density at radius 2 is 2.11 bits per heavy atom. The van der Waals surface area contributed by atoms with Gasteiger partial charge in [-0.2, -0.15) is 0 Å². The molecule has 1 atom stereocenters. The Labute approximate surface area is 107 Å². The van der Waals surface area contributed by atoms with Crippen LogP contribution < -0.4 is 14.8 Å². The molecule has 0 aliphatic heterocycles. The van der Waals surface area contributed by atoms with Gasteiger partial charge in [0.25, 0.3) is 0 Å². The molecule has 1 aromatic rings. The fraction of sp³-hybridized carbons (Fsp3) is 0.462. The molecule has 1 aromatic carbocycles. The van der Waals surface area contributed by atoms with E-state index in [2.05, 4.69) is 10.1 Å². The van der Waals surface area contributed by atoms with Crippen LogP contribution in [0, 0.1) is 0 Å². The molecule has 1 unspecified atom stereocenters. The first-order valence-corrected chi connectivity index (χ1v) is 5.68. The Balaban J connectivity index is 2.89. The van der Waals surface area contributed by atoms with Gasteiger partial charge in [0, 0.05) is 12.1 Å². The largest absolute Gasteiger partial charge is 0.497 e. The van der Waals surface area contributed by atoms with E-state index in [-0.39, 0.29) is 0 Å². The van der Waals surface area contributed by atoms with Crippen LogP contribution in [0.15, 0.2) is 18.2 Å². The molecule has 1 rings (SSSR count). The summed E-state index contributed by atoms with van der Waals surface area (Å²) in [6.07, 6.45) is -0.640. The van der Waals surface area contributed by atoms with E-state index in [1.165, 1.54) is 7.11 Å². The predicted molar refractivity (Wildman–Crippen MR) is 67.9 cm³/mol. The van der Waals surface area contributed by atoms with Gasteiger partial charge < -0.3 is 19.5 Å². The number of hydrogen-bond donors (Lipinski definition) is 1. The molecule has 0 aliphatic carbocycles. The molecular weight excluding hydrogens is 234 g/mol. The first-order valence-electron chi connectivity index (χ1n) is 5.68. The van der Waals surface area contributed by atoms with Crippen molar-refractivity contribution in [3.8, 4) is 11.5 Å². The minimum atomic E-state index is -0.640. The number of carbonyl (C=O) groups excluding carboxylic acids is 1. The topological polar surface area (TPSA) is 56.8 Å². The van der Waals surface area contributed by atoms with E-state index in [1.54, 1.807) is 26.2 Å². The monoisotopic (exact) mass is 253 g/mol. The third kappa shape index (κ3) is 3.63. The minimum absolute atomic E-state index is 0.402. The third-order valence-electron chi connectivity index (χ3n) is 2.47. The molecule has 0 aliphatic rings. The van der Waals surface area contributed by atoms with Crippen molar-refractivity contribution >= 4 is 5.97 Å². The van der Waals surface area contributed by atoms with E-state index in [0.717, 1.165) is 11.3 Å². The van der Waals surface area contributed by atoms with Gasteiger partial charge in [0.15, 0.2) is 6.10 Å². The van der Waals surface area contributed by atoms with Crippen molar-refractivity contribution < 1.29 is 19.0 Å². The second kappa shape index (κ2) is 6.86. The molecule has 18 heavy (non-hydrogen) atoms. The van der Waals surface area contributed by atoms with Crippen molar-refractivity contribution in [2.45, 2.75) is 19.6 Å². The van der Waals surface area contributed by atoms with Gasteiger partial charge in [-0.1, -0.05) is 0 Å². The smallest absolute Gasteiger partial charge is 0.346 e. The lowest BCUT2D eigenvalue weighted by Crippen LogP contribution is -2.25. The van der Waals surface area contributed by atoms with Gasteiger partial charge in [0.2, 0.25) is 0 Å². The average molecular weight is 253 g/mol. The van der Waals surface area contributed by atoms with Crippen LogP contribution in [0.2, 0.25) is 0 Å². The number of rotatable bonds is 6. The highest BCUT2D eigenvalue weighted by atomic mass is 16.6. The van der Waals surface area contributed by atoms with E-state index < -0.39 is 12.1 Å². The number of benzene rings is 1. The van der Waals surface area contributed by atoms with Crippen LogP contribution in [0.4, 0.5) is 0 Å². The molecule has 0 saturated heterocycles. The van der Waals surface area contributed by atoms with Gasteiger partial charge in [-0.25, -0.2) is 4.79 Å². The van der Waals surface area contributed by atoms with Crippen molar-refractivity contribution in [3.63, 3.8) is 0 Å². The summed E-state index contributed by atoms with van der Waals surface area (Å²) < 4.78 is 15.4. The predicted octanol–water partition coefficient (Wildman–Crippen LogP) is 1.35. The fourth-order valence-corrected chi connectivity index (χ4v) is 1.53. The molecule has 0 bridgehead atoms. The summed E-state index contributed by atoms with van der Waals surface area (Å²) >= 11 is 0. The number of methoxy groups -OCH3 is 2. The second-order valence-corrected chi connectivity index (χ2v) is 3.79. The molecule has 0 aromatic heterocycles. The van der Waals surface area contributed by atoms with E-state index in [4.69, 9.17) is 9.47 Å². The highest BCUT2D eigenvalue weighted by Gasteiger charge is 2.16. The minimum Gasteiger partial charge on any atom is -0.497 e. The van der Waals surface area contributed by atoms with Crippen molar-refractivity contribution in [3.05, 3.63) is 23.8 Å². The molecule has 0 saturated carbocycles. The summed E-state index contributed by atoms with van der Waals surface area (Å²) in [5.41, 5.74) is 0.924. The lowest BCUT2D eigenvalue weighted by atomic mass is 10.2. The Kier molecular flexibility index (Phi) is 5.45. The molecule has 100 valence electrons. The van der Waals surface area contributed by atoms with Gasteiger partial charge in [-0.3, -0.25) is 0 Å². The molecule has 0 fully saturated rings. The van der Waals surface area contributed by atoms with E-state index in [1.807, 2.05) is 13.1 Å². The van der Waals surface area contributed by atoms with Crippen LogP contribution >= 0.6 is 0 Å². The summed E-state index contributed by atoms with van der Waals surface area (Å²) in [5.74, 6) is 0.989. The van der Waals surface area contributed by atoms with Crippen LogP contribution in [0.25, 0.3) is 0 Å². The maximum atomic E-state index is 11.3. The van der Waals surface area contributed by atoms with E-state index >= 15 is 0 Å². The fourth-order valence-electron chi connectivity index (χ4n) is 1.53. The van der Waals surface area contributed by atoms with Crippen LogP contribution in [-0.2, 0) is 16.1 Å². The van der Waals surface area contributed by atoms with Crippen LogP contribution in [-0.4, -0.2) is 33.3 Å². The molecular formula is C13H19NO4. The molecule has 0 heterocycles. The maximum Gasteiger partial charge on any atom is 0.346 e. The molecule has 5 heteroatoms. The van der Waals surface area contributed by atoms with E-state index in [9.17, 15) is 4.79 Å². The van der Waals surface area contributed by atoms with Gasteiger partial charge in [-0.15, -0.1) is 0 Å². The second-order valence-electron chi connectivity index (χ2n) is 3.79. The average Bonchev–Trinajstić information content (AvgIpc) is 2.39. The Hall–Kier alpha value is -1.75. The highest BCUT2D eigenvalue weighted by molar-refractivity contribution is 5.74. The zero-order valence-corrected chi connectivity index (χ0v) is 11.1. The first-order chi connectivity index (χ1) is 8.62. The molecule has 0 amide bonds. The molecule has 5 nitrogen and oxygen atoms in total. The Morgan fingerprint density at radius 3 is 2.67 bits per heavy atom. The first kappa shape index (κ1) is 14.3. The summed E-state index contributed by atoms with van der Waals surface area (Å²) in [7, 11) is 4.79. The van der Waals surface area contributed by atoms with Gasteiger partial charge in [-0.05, 0) is 32.2 Å². The van der Waals surface area contributed by atoms with Crippen LogP contribution in [0.1, 0.15) is 12.5 Å². The van der Waals surface area contributed by atoms with Crippen molar-refractivity contribution in [2.24, 2.45) is 0 Å². The molecule has 0 spiro atoms. The summed E-state index contributed by atoms with van der Waals surface area (Å²) in [6.45, 7) is 2.28. The van der Waals surface area contributed by atoms with Crippen molar-refractivity contribution in [1.82, 2.24) is 5.32 Å². The summed E-state index contributed by atoms with van der Waals surface area (Å²) in [4.78, 5) is 11.3. The third-order valence-corrected chi connectivity index (χ3v) is 2.47. The van der Waals surface area contributed by atoms with Gasteiger partial charge >= 0.3 is 5.97 Å². The van der Waals surface area contributed by atoms with Gasteiger partial charge in [0.05, 0.1) is 14.2 Å². The number of ether oxygens (including phenoxy) is 3. The highest BCUT2D eigenvalue weighted by Crippen LogP contribution is 2.25. The Bertz CT molecular complexity index is 406.